The van der Waals surface area contributed by atoms with Crippen molar-refractivity contribution in [2.24, 2.45) is 0 Å². The first-order chi connectivity index (χ1) is 7.13. The predicted molar refractivity (Wildman–Crippen MR) is 62.1 cm³/mol. The maximum atomic E-state index is 5.75. The van der Waals surface area contributed by atoms with Gasteiger partial charge in [-0.3, -0.25) is 0 Å². The third-order valence-corrected chi connectivity index (χ3v) is 3.56. The third-order valence-electron chi connectivity index (χ3n) is 3.56. The highest BCUT2D eigenvalue weighted by atomic mass is 16.5. The lowest BCUT2D eigenvalue weighted by Gasteiger charge is -2.34. The van der Waals surface area contributed by atoms with Gasteiger partial charge in [0.05, 0.1) is 12.2 Å². The Morgan fingerprint density at radius 3 is 2.33 bits per heavy atom. The fourth-order valence-corrected chi connectivity index (χ4v) is 2.95. The molecule has 2 rings (SSSR count). The van der Waals surface area contributed by atoms with Gasteiger partial charge in [-0.25, -0.2) is 0 Å². The largest absolute Gasteiger partial charge is 0.375 e. The summed E-state index contributed by atoms with van der Waals surface area (Å²) in [5, 5.41) is 3.79. The molecule has 15 heavy (non-hydrogen) atoms. The van der Waals surface area contributed by atoms with Crippen molar-refractivity contribution in [3.05, 3.63) is 0 Å². The average Bonchev–Trinajstić information content (AvgIpc) is 2.49. The molecule has 3 unspecified atom stereocenters. The number of nitrogens with one attached hydrogen (secondary N) is 1. The van der Waals surface area contributed by atoms with E-state index in [1.165, 1.54) is 32.4 Å². The highest BCUT2D eigenvalue weighted by Crippen LogP contribution is 2.20. The number of likely N-dealkylation sites (tertiary alicyclic amines) is 1. The Kier molecular flexibility index (Phi) is 3.65. The summed E-state index contributed by atoms with van der Waals surface area (Å²) < 4.78 is 5.75. The summed E-state index contributed by atoms with van der Waals surface area (Å²) in [7, 11) is 2.21. The van der Waals surface area contributed by atoms with Gasteiger partial charge in [0.2, 0.25) is 0 Å². The molecule has 2 heterocycles. The summed E-state index contributed by atoms with van der Waals surface area (Å²) in [5.41, 5.74) is 0. The van der Waals surface area contributed by atoms with Crippen LogP contribution in [0.4, 0.5) is 0 Å². The molecule has 0 spiro atoms. The van der Waals surface area contributed by atoms with Gasteiger partial charge >= 0.3 is 0 Å². The lowest BCUT2D eigenvalue weighted by molar-refractivity contribution is -0.0433. The third kappa shape index (κ3) is 3.16. The second-order valence-electron chi connectivity index (χ2n) is 5.34. The number of rotatable bonds is 2. The van der Waals surface area contributed by atoms with Crippen LogP contribution in [0, 0.1) is 0 Å². The molecule has 0 bridgehead atoms. The molecule has 0 radical (unpaired) electrons. The van der Waals surface area contributed by atoms with Gasteiger partial charge in [-0.1, -0.05) is 0 Å². The first-order valence-electron chi connectivity index (χ1n) is 6.23. The van der Waals surface area contributed by atoms with Crippen LogP contribution < -0.4 is 5.32 Å². The summed E-state index contributed by atoms with van der Waals surface area (Å²) in [6.07, 6.45) is 4.49. The van der Waals surface area contributed by atoms with Crippen molar-refractivity contribution in [1.82, 2.24) is 10.2 Å². The quantitative estimate of drug-likeness (QED) is 0.745. The lowest BCUT2D eigenvalue weighted by Crippen LogP contribution is -2.46. The molecule has 0 aliphatic carbocycles. The second kappa shape index (κ2) is 4.81. The van der Waals surface area contributed by atoms with E-state index in [0.717, 1.165) is 0 Å². The lowest BCUT2D eigenvalue weighted by atomic mass is 9.99. The van der Waals surface area contributed by atoms with Gasteiger partial charge in [0.25, 0.3) is 0 Å². The van der Waals surface area contributed by atoms with Crippen LogP contribution in [-0.4, -0.2) is 49.3 Å². The second-order valence-corrected chi connectivity index (χ2v) is 5.34. The molecular formula is C12H24N2O. The van der Waals surface area contributed by atoms with Crippen LogP contribution in [0.3, 0.4) is 0 Å². The summed E-state index contributed by atoms with van der Waals surface area (Å²) in [4.78, 5) is 2.41. The Morgan fingerprint density at radius 1 is 1.13 bits per heavy atom. The van der Waals surface area contributed by atoms with E-state index < -0.39 is 0 Å². The van der Waals surface area contributed by atoms with Gasteiger partial charge in [-0.05, 0) is 46.7 Å². The summed E-state index contributed by atoms with van der Waals surface area (Å²) in [5.74, 6) is 0. The molecule has 2 fully saturated rings. The molecule has 0 aromatic rings. The van der Waals surface area contributed by atoms with Crippen molar-refractivity contribution in [2.75, 3.05) is 20.1 Å². The minimum absolute atomic E-state index is 0.422. The zero-order chi connectivity index (χ0) is 10.8. The van der Waals surface area contributed by atoms with Crippen molar-refractivity contribution in [2.45, 2.75) is 57.4 Å². The minimum atomic E-state index is 0.422. The van der Waals surface area contributed by atoms with Crippen molar-refractivity contribution in [3.8, 4) is 0 Å². The fraction of sp³-hybridized carbons (Fsp3) is 1.00. The van der Waals surface area contributed by atoms with E-state index in [2.05, 4.69) is 31.1 Å². The highest BCUT2D eigenvalue weighted by Gasteiger charge is 2.28. The molecule has 88 valence electrons. The zero-order valence-corrected chi connectivity index (χ0v) is 10.2. The average molecular weight is 212 g/mol. The van der Waals surface area contributed by atoms with E-state index in [0.29, 0.717) is 24.3 Å². The monoisotopic (exact) mass is 212 g/mol. The molecule has 0 aromatic heterocycles. The number of hydrogen-bond acceptors (Lipinski definition) is 3. The molecule has 3 atom stereocenters. The minimum Gasteiger partial charge on any atom is -0.375 e. The van der Waals surface area contributed by atoms with Crippen molar-refractivity contribution in [1.29, 1.82) is 0 Å². The predicted octanol–water partition coefficient (Wildman–Crippen LogP) is 1.24. The van der Waals surface area contributed by atoms with Crippen LogP contribution in [0.5, 0.6) is 0 Å². The van der Waals surface area contributed by atoms with Gasteiger partial charge < -0.3 is 15.0 Å². The molecule has 0 aromatic carbocycles. The molecule has 3 nitrogen and oxygen atoms in total. The Bertz CT molecular complexity index is 200. The molecule has 2 aliphatic heterocycles. The maximum absolute atomic E-state index is 5.75. The smallest absolute Gasteiger partial charge is 0.0565 e. The van der Waals surface area contributed by atoms with E-state index in [-0.39, 0.29) is 0 Å². The summed E-state index contributed by atoms with van der Waals surface area (Å²) >= 11 is 0. The van der Waals surface area contributed by atoms with Crippen LogP contribution >= 0.6 is 0 Å². The van der Waals surface area contributed by atoms with Gasteiger partial charge in [-0.15, -0.1) is 0 Å². The fourth-order valence-electron chi connectivity index (χ4n) is 2.95. The molecule has 2 saturated heterocycles. The first kappa shape index (κ1) is 11.4. The Labute approximate surface area is 93.2 Å². The number of ether oxygens (including phenoxy) is 1. The molecular weight excluding hydrogens is 188 g/mol. The standard InChI is InChI=1S/C12H24N2O/c1-9-6-12(7-10(2)15-9)13-11-4-5-14(3)8-11/h9-13H,4-8H2,1-3H3. The van der Waals surface area contributed by atoms with Crippen LogP contribution in [0.15, 0.2) is 0 Å². The molecule has 2 aliphatic rings. The Balaban J connectivity index is 1.78. The van der Waals surface area contributed by atoms with Crippen molar-refractivity contribution in [3.63, 3.8) is 0 Å². The topological polar surface area (TPSA) is 24.5 Å². The van der Waals surface area contributed by atoms with Gasteiger partial charge in [0.1, 0.15) is 0 Å². The van der Waals surface area contributed by atoms with Crippen LogP contribution in [0.25, 0.3) is 0 Å². The van der Waals surface area contributed by atoms with Crippen LogP contribution in [0.1, 0.15) is 33.1 Å². The summed E-state index contributed by atoms with van der Waals surface area (Å²) in [6, 6.07) is 1.37. The van der Waals surface area contributed by atoms with Crippen molar-refractivity contribution >= 4 is 0 Å². The molecule has 0 amide bonds. The van der Waals surface area contributed by atoms with E-state index in [1.807, 2.05) is 0 Å². The molecule has 0 saturated carbocycles. The number of likely N-dealkylation sites (N-methyl/N-ethyl adjacent to an activating group) is 1. The molecule has 1 N–H and O–H groups in total. The van der Waals surface area contributed by atoms with Crippen molar-refractivity contribution < 1.29 is 4.74 Å². The van der Waals surface area contributed by atoms with Gasteiger partial charge in [0, 0.05) is 18.6 Å². The van der Waals surface area contributed by atoms with E-state index in [4.69, 9.17) is 4.74 Å². The van der Waals surface area contributed by atoms with E-state index >= 15 is 0 Å². The Morgan fingerprint density at radius 2 is 1.80 bits per heavy atom. The first-order valence-corrected chi connectivity index (χ1v) is 6.23. The van der Waals surface area contributed by atoms with E-state index in [9.17, 15) is 0 Å². The van der Waals surface area contributed by atoms with Crippen LogP contribution in [-0.2, 0) is 4.74 Å². The number of hydrogen-bond donors (Lipinski definition) is 1. The maximum Gasteiger partial charge on any atom is 0.0565 e. The number of nitrogens with zero attached hydrogens (tertiary/aromatic N) is 1. The van der Waals surface area contributed by atoms with Gasteiger partial charge in [-0.2, -0.15) is 0 Å². The Hall–Kier alpha value is -0.120. The van der Waals surface area contributed by atoms with Gasteiger partial charge in [0.15, 0.2) is 0 Å². The normalized spacial score (nSPS) is 43.4. The van der Waals surface area contributed by atoms with Crippen LogP contribution in [0.2, 0.25) is 0 Å². The highest BCUT2D eigenvalue weighted by molar-refractivity contribution is 4.86. The zero-order valence-electron chi connectivity index (χ0n) is 10.2. The SMILES string of the molecule is CC1CC(NC2CCN(C)C2)CC(C)O1. The molecule has 3 heteroatoms. The summed E-state index contributed by atoms with van der Waals surface area (Å²) in [6.45, 7) is 6.82. The van der Waals surface area contributed by atoms with E-state index in [1.54, 1.807) is 0 Å².